The first-order chi connectivity index (χ1) is 38.1. The van der Waals surface area contributed by atoms with Gasteiger partial charge in [0.2, 0.25) is 47.3 Å². The van der Waals surface area contributed by atoms with Crippen molar-refractivity contribution in [1.82, 2.24) is 36.4 Å². The molecule has 15 unspecified atom stereocenters. The van der Waals surface area contributed by atoms with Crippen molar-refractivity contribution < 1.29 is 131 Å². The number of primary amides is 1. The Morgan fingerprint density at radius 2 is 1.30 bits per heavy atom. The molecule has 0 saturated carbocycles. The fourth-order valence-corrected chi connectivity index (χ4v) is 10.4. The third kappa shape index (κ3) is 21.0. The number of carbonyl (C=O) groups is 8. The maximum absolute atomic E-state index is 14.6. The van der Waals surface area contributed by atoms with Crippen molar-refractivity contribution in [3.63, 3.8) is 0 Å². The second-order valence-electron chi connectivity index (χ2n) is 21.3. The summed E-state index contributed by atoms with van der Waals surface area (Å²) in [5, 5.41) is 111. The van der Waals surface area contributed by atoms with E-state index in [1.807, 2.05) is 10.6 Å². The summed E-state index contributed by atoms with van der Waals surface area (Å²) in [5.74, 6) is -13.4. The molecule has 0 bridgehead atoms. The van der Waals surface area contributed by atoms with Gasteiger partial charge in [0.1, 0.15) is 54.6 Å². The number of phenolic OH excluding ortho intramolecular Hbond substituents is 1. The molecule has 1 aromatic rings. The fraction of sp³-hybridized carbons (Fsp3) is 0.725. The van der Waals surface area contributed by atoms with E-state index in [4.69, 9.17) is 5.73 Å². The van der Waals surface area contributed by atoms with E-state index < -0.39 is 198 Å². The topological polar surface area (TPSA) is 478 Å². The van der Waals surface area contributed by atoms with Crippen molar-refractivity contribution in [2.45, 2.75) is 215 Å². The predicted molar refractivity (Wildman–Crippen MR) is 281 cm³/mol. The van der Waals surface area contributed by atoms with Gasteiger partial charge in [-0.25, -0.2) is 8.42 Å². The molecule has 3 aliphatic rings. The number of hydrogen-bond donors (Lipinski definition) is 15. The van der Waals surface area contributed by atoms with E-state index in [9.17, 15) is 97.3 Å². The van der Waals surface area contributed by atoms with Crippen LogP contribution in [0.5, 0.6) is 11.5 Å². The summed E-state index contributed by atoms with van der Waals surface area (Å²) in [5.41, 5.74) is 4.72. The Morgan fingerprint density at radius 3 is 1.87 bits per heavy atom. The quantitative estimate of drug-likeness (QED) is 0.0198. The number of benzene rings is 1. The van der Waals surface area contributed by atoms with Crippen molar-refractivity contribution in [3.8, 4) is 11.5 Å². The summed E-state index contributed by atoms with van der Waals surface area (Å²) < 4.78 is 38.4. The summed E-state index contributed by atoms with van der Waals surface area (Å²) in [6, 6.07) is -10.6. The first kappa shape index (κ1) is 71.4. The van der Waals surface area contributed by atoms with Crippen molar-refractivity contribution in [3.05, 3.63) is 23.8 Å². The van der Waals surface area contributed by atoms with Crippen LogP contribution < -0.4 is 66.1 Å². The van der Waals surface area contributed by atoms with Gasteiger partial charge in [0.15, 0.2) is 17.7 Å². The molecule has 4 rings (SSSR count). The Balaban J connectivity index is 0.0000176. The Hall–Kier alpha value is -4.83. The first-order valence-corrected chi connectivity index (χ1v) is 28.7. The van der Waals surface area contributed by atoms with Crippen LogP contribution in [0.3, 0.4) is 0 Å². The number of aliphatic hydroxyl groups excluding tert-OH is 8. The molecule has 0 aromatic heterocycles. The molecule has 3 saturated heterocycles. The number of aliphatic hydroxyl groups is 8. The van der Waals surface area contributed by atoms with Gasteiger partial charge in [0, 0.05) is 38.3 Å². The van der Waals surface area contributed by atoms with Crippen LogP contribution in [0, 0.1) is 5.92 Å². The minimum atomic E-state index is -5.58. The predicted octanol–water partition coefficient (Wildman–Crippen LogP) is -6.96. The Morgan fingerprint density at radius 1 is 0.756 bits per heavy atom. The molecule has 29 nitrogen and oxygen atoms in total. The van der Waals surface area contributed by atoms with Crippen LogP contribution in [-0.2, 0) is 48.8 Å². The van der Waals surface area contributed by atoms with Crippen molar-refractivity contribution in [1.29, 1.82) is 0 Å². The van der Waals surface area contributed by atoms with Crippen LogP contribution in [0.4, 0.5) is 0 Å². The number of nitrogens with zero attached hydrogens (tertiary/aromatic N) is 2. The maximum atomic E-state index is 14.6. The van der Waals surface area contributed by atoms with Crippen LogP contribution in [0.2, 0.25) is 0 Å². The molecule has 0 aliphatic carbocycles. The van der Waals surface area contributed by atoms with Crippen LogP contribution in [0.1, 0.15) is 142 Å². The maximum Gasteiger partial charge on any atom is 1.00 e. The van der Waals surface area contributed by atoms with E-state index in [0.717, 1.165) is 45.1 Å². The van der Waals surface area contributed by atoms with Crippen molar-refractivity contribution in [2.24, 2.45) is 11.7 Å². The average Bonchev–Trinajstić information content (AvgIpc) is 3.95. The van der Waals surface area contributed by atoms with Gasteiger partial charge >= 0.3 is 29.6 Å². The van der Waals surface area contributed by atoms with Crippen molar-refractivity contribution in [2.75, 3.05) is 13.1 Å². The standard InChI is InChI=1S/C51H82N8O21S.Na/c1-4-5-6-7-8-9-10-11-12-13-14-15-16-17-37(66)53-30-22-34(64)47(72)57-49(74)41-42(67)26(2)24-59(41)51(76)39(33(63)23-36(52)65)55-48(73)40(44(69)43(68)28-18-19-32(62)35(20-28)80-81(77,78)79)56-46(71)31-21-29(61)25-58(31)50(75)38(27(3)60)54-45(30)70;/h18-20,26-27,29-31,33-34,38-44,47,60-64,67-69,72H,4-17,21-25H2,1-3H3,(H2,52,65)(H,53,66)(H,54,70)(H,55,73)(H,56,71)(H,57,74)(H,77,78,79);/q;+1/p-1. The van der Waals surface area contributed by atoms with Crippen LogP contribution in [0.25, 0.3) is 0 Å². The minimum Gasteiger partial charge on any atom is -0.716 e. The normalized spacial score (nSPS) is 27.7. The van der Waals surface area contributed by atoms with Crippen LogP contribution in [0.15, 0.2) is 18.2 Å². The third-order valence-corrected chi connectivity index (χ3v) is 15.0. The zero-order valence-electron chi connectivity index (χ0n) is 46.6. The number of phenols is 1. The Labute approximate surface area is 497 Å². The molecular formula is C51H81N8NaO21S. The van der Waals surface area contributed by atoms with E-state index >= 15 is 0 Å². The van der Waals surface area contributed by atoms with E-state index in [-0.39, 0.29) is 36.0 Å². The van der Waals surface area contributed by atoms with Gasteiger partial charge in [-0.05, 0) is 31.0 Å². The summed E-state index contributed by atoms with van der Waals surface area (Å²) in [6.07, 6.45) is -6.52. The molecule has 82 heavy (non-hydrogen) atoms. The molecule has 3 aliphatic heterocycles. The van der Waals surface area contributed by atoms with Gasteiger partial charge in [0.25, 0.3) is 10.4 Å². The number of aromatic hydroxyl groups is 1. The summed E-state index contributed by atoms with van der Waals surface area (Å²) in [6.45, 7) is 3.38. The zero-order chi connectivity index (χ0) is 60.5. The van der Waals surface area contributed by atoms with Crippen molar-refractivity contribution >= 4 is 57.7 Å². The Bertz CT molecular complexity index is 2450. The van der Waals surface area contributed by atoms with Crippen LogP contribution in [-0.4, -0.2) is 208 Å². The molecule has 458 valence electrons. The number of fused-ring (bicyclic) bond motifs is 2. The molecule has 8 amide bonds. The average molecular weight is 1200 g/mol. The molecule has 15 atom stereocenters. The number of carbonyl (C=O) groups excluding carboxylic acids is 8. The van der Waals surface area contributed by atoms with Gasteiger partial charge in [-0.3, -0.25) is 38.4 Å². The third-order valence-electron chi connectivity index (χ3n) is 14.6. The fourth-order valence-electron chi connectivity index (χ4n) is 10.1. The number of amides is 8. The van der Waals surface area contributed by atoms with Gasteiger partial charge in [-0.2, -0.15) is 0 Å². The summed E-state index contributed by atoms with van der Waals surface area (Å²) >= 11 is 0. The number of rotatable bonds is 24. The van der Waals surface area contributed by atoms with Gasteiger partial charge in [0.05, 0.1) is 30.8 Å². The smallest absolute Gasteiger partial charge is 0.716 e. The summed E-state index contributed by atoms with van der Waals surface area (Å²) in [4.78, 5) is 113. The molecule has 0 radical (unpaired) electrons. The zero-order valence-corrected chi connectivity index (χ0v) is 49.4. The SMILES string of the molecule is CCCCCCCCCCCCCCCC(=O)NC1CC(O)C(O)NC(=O)C2C(O)C(C)CN2C(=O)C(C(O)CC(N)=O)NC(=O)C(C(O)C(O)c2ccc(O)c(OS(=O)(=O)[O-])c2)NC(=O)C2CC(O)CN2C(=O)C(C(C)O)NC1=O.[Na+]. The molecule has 1 aromatic carbocycles. The minimum absolute atomic E-state index is 0. The molecule has 16 N–H and O–H groups in total. The van der Waals surface area contributed by atoms with Gasteiger partial charge in [-0.15, -0.1) is 0 Å². The van der Waals surface area contributed by atoms with Gasteiger partial charge < -0.3 is 96.8 Å². The molecule has 31 heteroatoms. The molecule has 3 fully saturated rings. The number of nitrogens with two attached hydrogens (primary N) is 1. The molecule has 3 heterocycles. The number of unbranched alkanes of at least 4 members (excludes halogenated alkanes) is 12. The van der Waals surface area contributed by atoms with Crippen LogP contribution >= 0.6 is 0 Å². The second-order valence-corrected chi connectivity index (χ2v) is 22.2. The Kier molecular flexibility index (Phi) is 29.3. The number of nitrogens with one attached hydrogen (secondary N) is 5. The molecule has 0 spiro atoms. The van der Waals surface area contributed by atoms with E-state index in [0.29, 0.717) is 34.8 Å². The monoisotopic (exact) mass is 1200 g/mol. The van der Waals surface area contributed by atoms with E-state index in [1.165, 1.54) is 45.4 Å². The largest absolute Gasteiger partial charge is 1.00 e. The second kappa shape index (κ2) is 33.6. The molecular weight excluding hydrogens is 1120 g/mol. The van der Waals surface area contributed by atoms with Gasteiger partial charge in [-0.1, -0.05) is 97.0 Å². The number of hydrogen-bond acceptors (Lipinski definition) is 21. The van der Waals surface area contributed by atoms with E-state index in [2.05, 4.69) is 27.1 Å². The first-order valence-electron chi connectivity index (χ1n) is 27.4. The van der Waals surface area contributed by atoms with E-state index in [1.54, 1.807) is 0 Å². The summed E-state index contributed by atoms with van der Waals surface area (Å²) in [7, 11) is -5.58.